The van der Waals surface area contributed by atoms with Crippen molar-refractivity contribution in [3.8, 4) is 5.75 Å². The highest BCUT2D eigenvalue weighted by atomic mass is 32.2. The summed E-state index contributed by atoms with van der Waals surface area (Å²) >= 11 is 0. The molecule has 0 unspecified atom stereocenters. The van der Waals surface area contributed by atoms with Crippen molar-refractivity contribution in [3.05, 3.63) is 35.8 Å². The summed E-state index contributed by atoms with van der Waals surface area (Å²) in [5.41, 5.74) is 0.0661. The largest absolute Gasteiger partial charge is 0.495 e. The number of hydrogen-bond donors (Lipinski definition) is 0. The van der Waals surface area contributed by atoms with Gasteiger partial charge in [-0.05, 0) is 31.5 Å². The summed E-state index contributed by atoms with van der Waals surface area (Å²) in [5, 5.41) is -0.0683. The van der Waals surface area contributed by atoms with E-state index < -0.39 is 26.0 Å². The first-order valence-corrected chi connectivity index (χ1v) is 12.7. The number of ether oxygens (including phenoxy) is 2. The Labute approximate surface area is 187 Å². The molecule has 1 aliphatic heterocycles. The second-order valence-electron chi connectivity index (χ2n) is 7.26. The third-order valence-corrected chi connectivity index (χ3v) is 9.00. The number of rotatable bonds is 6. The summed E-state index contributed by atoms with van der Waals surface area (Å²) in [6, 6.07) is 4.00. The number of imidazole rings is 1. The van der Waals surface area contributed by atoms with Crippen LogP contribution in [0.2, 0.25) is 0 Å². The van der Waals surface area contributed by atoms with Crippen molar-refractivity contribution in [1.82, 2.24) is 18.2 Å². The first-order chi connectivity index (χ1) is 15.0. The zero-order chi connectivity index (χ0) is 23.7. The summed E-state index contributed by atoms with van der Waals surface area (Å²) in [7, 11) is -3.69. The molecule has 0 amide bonds. The predicted molar refractivity (Wildman–Crippen MR) is 114 cm³/mol. The number of methoxy groups -OCH3 is 2. The number of sulfonamides is 2. The normalized spacial score (nSPS) is 16.5. The topological polar surface area (TPSA) is 128 Å². The highest BCUT2D eigenvalue weighted by Crippen LogP contribution is 2.29. The highest BCUT2D eigenvalue weighted by molar-refractivity contribution is 7.89. The van der Waals surface area contributed by atoms with Crippen LogP contribution in [0.1, 0.15) is 22.6 Å². The summed E-state index contributed by atoms with van der Waals surface area (Å²) in [4.78, 5) is 15.8. The molecule has 0 N–H and O–H groups in total. The van der Waals surface area contributed by atoms with Crippen molar-refractivity contribution < 1.29 is 31.1 Å². The lowest BCUT2D eigenvalue weighted by Gasteiger charge is -2.22. The Hall–Kier alpha value is -2.48. The quantitative estimate of drug-likeness (QED) is 0.543. The van der Waals surface area contributed by atoms with E-state index in [-0.39, 0.29) is 47.4 Å². The van der Waals surface area contributed by atoms with Gasteiger partial charge in [0.05, 0.1) is 19.8 Å². The molecule has 3 rings (SSSR count). The molecular weight excluding hydrogens is 460 g/mol. The summed E-state index contributed by atoms with van der Waals surface area (Å²) in [6.45, 7) is 1.88. The summed E-state index contributed by atoms with van der Waals surface area (Å²) < 4.78 is 66.7. The van der Waals surface area contributed by atoms with Gasteiger partial charge in [0.15, 0.2) is 5.03 Å². The molecule has 1 aliphatic rings. The molecule has 1 fully saturated rings. The van der Waals surface area contributed by atoms with Crippen molar-refractivity contribution >= 4 is 26.0 Å². The van der Waals surface area contributed by atoms with Gasteiger partial charge in [-0.1, -0.05) is 0 Å². The van der Waals surface area contributed by atoms with E-state index in [1.807, 2.05) is 0 Å². The summed E-state index contributed by atoms with van der Waals surface area (Å²) in [6.07, 6.45) is 1.73. The second kappa shape index (κ2) is 9.17. The molecule has 0 aliphatic carbocycles. The van der Waals surface area contributed by atoms with Crippen LogP contribution in [0.3, 0.4) is 0 Å². The molecule has 2 aromatic rings. The van der Waals surface area contributed by atoms with E-state index in [0.29, 0.717) is 12.2 Å². The van der Waals surface area contributed by atoms with E-state index in [0.717, 1.165) is 0 Å². The van der Waals surface area contributed by atoms with Gasteiger partial charge in [0.2, 0.25) is 10.0 Å². The Morgan fingerprint density at radius 2 is 1.62 bits per heavy atom. The van der Waals surface area contributed by atoms with Crippen molar-refractivity contribution in [2.75, 3.05) is 40.4 Å². The number of aryl methyl sites for hydroxylation is 2. The van der Waals surface area contributed by atoms with Crippen LogP contribution in [-0.2, 0) is 31.8 Å². The molecule has 11 nitrogen and oxygen atoms in total. The number of nitrogens with zero attached hydrogens (tertiary/aromatic N) is 4. The minimum absolute atomic E-state index is 0.0316. The van der Waals surface area contributed by atoms with E-state index in [2.05, 4.69) is 9.72 Å². The Morgan fingerprint density at radius 1 is 1.00 bits per heavy atom. The van der Waals surface area contributed by atoms with Crippen molar-refractivity contribution in [1.29, 1.82) is 0 Å². The van der Waals surface area contributed by atoms with E-state index in [9.17, 15) is 21.6 Å². The number of aromatic nitrogens is 2. The monoisotopic (exact) mass is 486 g/mol. The molecule has 13 heteroatoms. The van der Waals surface area contributed by atoms with E-state index in [4.69, 9.17) is 4.74 Å². The van der Waals surface area contributed by atoms with Gasteiger partial charge in [-0.2, -0.15) is 8.61 Å². The fraction of sp³-hybridized carbons (Fsp3) is 0.474. The molecule has 1 aromatic heterocycles. The molecular formula is C19H26N4O7S2. The molecule has 0 spiro atoms. The van der Waals surface area contributed by atoms with E-state index >= 15 is 0 Å². The molecule has 0 bridgehead atoms. The zero-order valence-electron chi connectivity index (χ0n) is 18.3. The molecule has 32 heavy (non-hydrogen) atoms. The third kappa shape index (κ3) is 4.51. The van der Waals surface area contributed by atoms with Crippen LogP contribution in [0.4, 0.5) is 0 Å². The summed E-state index contributed by atoms with van der Waals surface area (Å²) in [5.74, 6) is -0.0431. The van der Waals surface area contributed by atoms with Gasteiger partial charge in [0.1, 0.15) is 16.5 Å². The lowest BCUT2D eigenvalue weighted by molar-refractivity contribution is 0.0600. The van der Waals surface area contributed by atoms with Gasteiger partial charge in [-0.25, -0.2) is 26.6 Å². The molecule has 1 saturated heterocycles. The molecule has 0 radical (unpaired) electrons. The SMILES string of the molecule is COC(=O)c1ccc(OC)c(S(=O)(=O)N2CCCN(S(=O)(=O)c3cn(C)c(C)n3)CC2)c1. The fourth-order valence-electron chi connectivity index (χ4n) is 3.40. The Morgan fingerprint density at radius 3 is 2.16 bits per heavy atom. The van der Waals surface area contributed by atoms with Gasteiger partial charge in [-0.15, -0.1) is 0 Å². The maximum atomic E-state index is 13.4. The third-order valence-electron chi connectivity index (χ3n) is 5.31. The van der Waals surface area contributed by atoms with Gasteiger partial charge in [-0.3, -0.25) is 0 Å². The van der Waals surface area contributed by atoms with Gasteiger partial charge < -0.3 is 14.0 Å². The lowest BCUT2D eigenvalue weighted by Crippen LogP contribution is -2.37. The van der Waals surface area contributed by atoms with Crippen LogP contribution in [0.15, 0.2) is 34.3 Å². The van der Waals surface area contributed by atoms with Crippen molar-refractivity contribution in [2.45, 2.75) is 23.3 Å². The molecule has 1 aromatic carbocycles. The number of carbonyl (C=O) groups excluding carboxylic acids is 1. The van der Waals surface area contributed by atoms with Gasteiger partial charge >= 0.3 is 5.97 Å². The van der Waals surface area contributed by atoms with Crippen LogP contribution in [0.25, 0.3) is 0 Å². The van der Waals surface area contributed by atoms with Gasteiger partial charge in [0, 0.05) is 39.4 Å². The standard InChI is InChI=1S/C19H26N4O7S2/c1-14-20-18(13-21(14)2)32(27,28)23-9-5-8-22(10-11-23)31(25,26)17-12-15(19(24)30-4)6-7-16(17)29-3/h6-7,12-13H,5,8-11H2,1-4H3. The van der Waals surface area contributed by atoms with Crippen LogP contribution in [0, 0.1) is 6.92 Å². The smallest absolute Gasteiger partial charge is 0.337 e. The molecule has 0 atom stereocenters. The first-order valence-electron chi connectivity index (χ1n) is 9.79. The average molecular weight is 487 g/mol. The lowest BCUT2D eigenvalue weighted by atomic mass is 10.2. The average Bonchev–Trinajstić information content (AvgIpc) is 2.97. The number of hydrogen-bond acceptors (Lipinski definition) is 8. The Bertz CT molecular complexity index is 1200. The van der Waals surface area contributed by atoms with Crippen molar-refractivity contribution in [2.24, 2.45) is 7.05 Å². The zero-order valence-corrected chi connectivity index (χ0v) is 19.9. The molecule has 176 valence electrons. The number of esters is 1. The second-order valence-corrected chi connectivity index (χ2v) is 11.0. The maximum absolute atomic E-state index is 13.4. The van der Waals surface area contributed by atoms with E-state index in [1.54, 1.807) is 18.5 Å². The van der Waals surface area contributed by atoms with Crippen LogP contribution >= 0.6 is 0 Å². The Kier molecular flexibility index (Phi) is 6.93. The molecule has 2 heterocycles. The first kappa shape index (κ1) is 24.2. The van der Waals surface area contributed by atoms with Crippen molar-refractivity contribution in [3.63, 3.8) is 0 Å². The minimum atomic E-state index is -4.07. The van der Waals surface area contributed by atoms with Crippen LogP contribution < -0.4 is 4.74 Å². The van der Waals surface area contributed by atoms with Crippen LogP contribution in [-0.4, -0.2) is 81.4 Å². The Balaban J connectivity index is 1.88. The van der Waals surface area contributed by atoms with Gasteiger partial charge in [0.25, 0.3) is 10.0 Å². The van der Waals surface area contributed by atoms with Crippen LogP contribution in [0.5, 0.6) is 5.75 Å². The highest BCUT2D eigenvalue weighted by Gasteiger charge is 2.34. The predicted octanol–water partition coefficient (Wildman–Crippen LogP) is 0.609. The van der Waals surface area contributed by atoms with E-state index in [1.165, 1.54) is 47.2 Å². The number of carbonyl (C=O) groups is 1. The maximum Gasteiger partial charge on any atom is 0.337 e. The molecule has 0 saturated carbocycles. The minimum Gasteiger partial charge on any atom is -0.495 e. The fourth-order valence-corrected chi connectivity index (χ4v) is 6.54. The number of benzene rings is 1.